The number of nitrogens with one attached hydrogen (secondary N) is 1. The molecule has 98 valence electrons. The second-order valence-corrected chi connectivity index (χ2v) is 4.03. The molecule has 6 nitrogen and oxygen atoms in total. The monoisotopic (exact) mass is 261 g/mol. The lowest BCUT2D eigenvalue weighted by atomic mass is 10.2. The molecule has 1 amide bonds. The molecule has 1 heterocycles. The van der Waals surface area contributed by atoms with Crippen LogP contribution in [0.1, 0.15) is 21.7 Å². The van der Waals surface area contributed by atoms with E-state index in [1.807, 2.05) is 0 Å². The van der Waals surface area contributed by atoms with Gasteiger partial charge in [0.2, 0.25) is 5.95 Å². The maximum Gasteiger partial charge on any atom is 0.258 e. The topological polar surface area (TPSA) is 93.8 Å². The number of carbonyl (C=O) groups is 1. The Hall–Kier alpha value is -2.57. The van der Waals surface area contributed by atoms with Gasteiger partial charge < -0.3 is 5.73 Å². The van der Waals surface area contributed by atoms with Crippen LogP contribution in [0, 0.1) is 19.7 Å². The molecule has 1 aromatic heterocycles. The van der Waals surface area contributed by atoms with Gasteiger partial charge in [-0.2, -0.15) is 5.10 Å². The highest BCUT2D eigenvalue weighted by molar-refractivity contribution is 6.03. The molecule has 0 aliphatic rings. The molecular formula is C12H12FN5O. The summed E-state index contributed by atoms with van der Waals surface area (Å²) in [6, 6.07) is 3.58. The molecule has 0 fully saturated rings. The van der Waals surface area contributed by atoms with Crippen LogP contribution in [0.25, 0.3) is 0 Å². The number of nitrogen functional groups attached to an aromatic ring is 1. The Morgan fingerprint density at radius 3 is 2.58 bits per heavy atom. The normalized spacial score (nSPS) is 10.3. The van der Waals surface area contributed by atoms with Crippen LogP contribution in [0.4, 0.5) is 16.0 Å². The number of rotatable bonds is 2. The average molecular weight is 261 g/mol. The minimum Gasteiger partial charge on any atom is -0.399 e. The number of carbonyl (C=O) groups excluding carboxylic acids is 1. The van der Waals surface area contributed by atoms with Gasteiger partial charge in [-0.25, -0.2) is 9.37 Å². The zero-order valence-electron chi connectivity index (χ0n) is 10.4. The second-order valence-electron chi connectivity index (χ2n) is 4.03. The smallest absolute Gasteiger partial charge is 0.258 e. The molecule has 0 spiro atoms. The first-order chi connectivity index (χ1) is 8.95. The van der Waals surface area contributed by atoms with Crippen LogP contribution in [0.3, 0.4) is 0 Å². The number of aromatic nitrogens is 3. The highest BCUT2D eigenvalue weighted by Crippen LogP contribution is 2.12. The third kappa shape index (κ3) is 3.01. The van der Waals surface area contributed by atoms with Crippen LogP contribution in [-0.4, -0.2) is 21.1 Å². The maximum absolute atomic E-state index is 13.1. The minimum atomic E-state index is -0.579. The zero-order valence-corrected chi connectivity index (χ0v) is 10.4. The summed E-state index contributed by atoms with van der Waals surface area (Å²) in [4.78, 5) is 15.9. The van der Waals surface area contributed by atoms with Gasteiger partial charge >= 0.3 is 0 Å². The third-order valence-corrected chi connectivity index (χ3v) is 2.50. The van der Waals surface area contributed by atoms with E-state index in [-0.39, 0.29) is 17.2 Å². The fourth-order valence-corrected chi connectivity index (χ4v) is 1.43. The van der Waals surface area contributed by atoms with Gasteiger partial charge in [-0.05, 0) is 32.0 Å². The highest BCUT2D eigenvalue weighted by Gasteiger charge is 2.11. The average Bonchev–Trinajstić information content (AvgIpc) is 2.32. The molecule has 0 unspecified atom stereocenters. The van der Waals surface area contributed by atoms with Crippen LogP contribution in [0.5, 0.6) is 0 Å². The molecule has 0 saturated carbocycles. The van der Waals surface area contributed by atoms with Crippen LogP contribution < -0.4 is 11.1 Å². The predicted octanol–water partition coefficient (Wildman–Crippen LogP) is 1.46. The van der Waals surface area contributed by atoms with Gasteiger partial charge in [-0.1, -0.05) is 0 Å². The van der Waals surface area contributed by atoms with Crippen molar-refractivity contribution in [1.82, 2.24) is 15.2 Å². The van der Waals surface area contributed by atoms with Crippen LogP contribution in [0.2, 0.25) is 0 Å². The van der Waals surface area contributed by atoms with E-state index in [2.05, 4.69) is 20.5 Å². The van der Waals surface area contributed by atoms with Crippen molar-refractivity contribution in [3.05, 3.63) is 41.0 Å². The van der Waals surface area contributed by atoms with Gasteiger partial charge in [0.25, 0.3) is 5.91 Å². The van der Waals surface area contributed by atoms with Crippen LogP contribution in [-0.2, 0) is 0 Å². The van der Waals surface area contributed by atoms with Crippen molar-refractivity contribution in [2.45, 2.75) is 13.8 Å². The van der Waals surface area contributed by atoms with E-state index < -0.39 is 11.7 Å². The number of amides is 1. The van der Waals surface area contributed by atoms with E-state index in [4.69, 9.17) is 5.73 Å². The quantitative estimate of drug-likeness (QED) is 0.798. The number of halogens is 1. The van der Waals surface area contributed by atoms with Gasteiger partial charge in [-0.15, -0.1) is 5.10 Å². The molecule has 1 aromatic carbocycles. The number of nitrogens with zero attached hydrogens (tertiary/aromatic N) is 3. The maximum atomic E-state index is 13.1. The van der Waals surface area contributed by atoms with E-state index in [0.29, 0.717) is 11.4 Å². The molecule has 0 saturated heterocycles. The summed E-state index contributed by atoms with van der Waals surface area (Å²) in [7, 11) is 0. The van der Waals surface area contributed by atoms with Crippen LogP contribution >= 0.6 is 0 Å². The van der Waals surface area contributed by atoms with E-state index in [9.17, 15) is 9.18 Å². The molecule has 0 aliphatic heterocycles. The number of hydrogen-bond donors (Lipinski definition) is 2. The summed E-state index contributed by atoms with van der Waals surface area (Å²) >= 11 is 0. The minimum absolute atomic E-state index is 0.0657. The lowest BCUT2D eigenvalue weighted by Crippen LogP contribution is -2.16. The number of nitrogens with two attached hydrogens (primary N) is 1. The molecule has 0 bridgehead atoms. The van der Waals surface area contributed by atoms with E-state index >= 15 is 0 Å². The first kappa shape index (κ1) is 12.9. The summed E-state index contributed by atoms with van der Waals surface area (Å²) in [6.45, 7) is 3.51. The summed E-state index contributed by atoms with van der Waals surface area (Å²) in [5, 5.41) is 10.0. The molecule has 0 aliphatic carbocycles. The molecule has 7 heteroatoms. The first-order valence-corrected chi connectivity index (χ1v) is 5.51. The predicted molar refractivity (Wildman–Crippen MR) is 68.1 cm³/mol. The Morgan fingerprint density at radius 1 is 1.21 bits per heavy atom. The van der Waals surface area contributed by atoms with Gasteiger partial charge in [-0.3, -0.25) is 10.1 Å². The number of benzene rings is 1. The van der Waals surface area contributed by atoms with Crippen molar-refractivity contribution < 1.29 is 9.18 Å². The summed E-state index contributed by atoms with van der Waals surface area (Å²) in [5.41, 5.74) is 7.07. The van der Waals surface area contributed by atoms with E-state index in [0.717, 1.165) is 12.1 Å². The SMILES string of the molecule is Cc1nnc(NC(=O)c2cc(N)cc(F)c2)nc1C. The van der Waals surface area contributed by atoms with Gasteiger partial charge in [0.15, 0.2) is 0 Å². The Labute approximate surface area is 108 Å². The van der Waals surface area contributed by atoms with Crippen molar-refractivity contribution in [1.29, 1.82) is 0 Å². The lowest BCUT2D eigenvalue weighted by Gasteiger charge is -2.05. The van der Waals surface area contributed by atoms with Crippen molar-refractivity contribution >= 4 is 17.5 Å². The fraction of sp³-hybridized carbons (Fsp3) is 0.167. The number of hydrogen-bond acceptors (Lipinski definition) is 5. The fourth-order valence-electron chi connectivity index (χ4n) is 1.43. The number of anilines is 2. The summed E-state index contributed by atoms with van der Waals surface area (Å²) < 4.78 is 13.1. The van der Waals surface area contributed by atoms with Crippen molar-refractivity contribution in [3.8, 4) is 0 Å². The highest BCUT2D eigenvalue weighted by atomic mass is 19.1. The summed E-state index contributed by atoms with van der Waals surface area (Å²) in [6.07, 6.45) is 0. The molecular weight excluding hydrogens is 249 g/mol. The zero-order chi connectivity index (χ0) is 14.0. The Kier molecular flexibility index (Phi) is 3.37. The summed E-state index contributed by atoms with van der Waals surface area (Å²) in [5.74, 6) is -1.06. The Balaban J connectivity index is 2.22. The molecule has 3 N–H and O–H groups in total. The molecule has 0 atom stereocenters. The largest absolute Gasteiger partial charge is 0.399 e. The molecule has 19 heavy (non-hydrogen) atoms. The van der Waals surface area contributed by atoms with Gasteiger partial charge in [0.05, 0.1) is 11.4 Å². The standard InChI is InChI=1S/C12H12FN5O/c1-6-7(2)17-18-12(15-6)16-11(19)8-3-9(13)5-10(14)4-8/h3-5H,14H2,1-2H3,(H,15,16,18,19). The Morgan fingerprint density at radius 2 is 1.95 bits per heavy atom. The van der Waals surface area contributed by atoms with Crippen molar-refractivity contribution in [2.75, 3.05) is 11.1 Å². The first-order valence-electron chi connectivity index (χ1n) is 5.51. The third-order valence-electron chi connectivity index (χ3n) is 2.50. The number of aryl methyl sites for hydroxylation is 2. The van der Waals surface area contributed by atoms with Gasteiger partial charge in [0, 0.05) is 11.3 Å². The van der Waals surface area contributed by atoms with Crippen molar-refractivity contribution in [2.24, 2.45) is 0 Å². The lowest BCUT2D eigenvalue weighted by molar-refractivity contribution is 0.102. The molecule has 0 radical (unpaired) electrons. The molecule has 2 aromatic rings. The van der Waals surface area contributed by atoms with E-state index in [1.54, 1.807) is 13.8 Å². The van der Waals surface area contributed by atoms with E-state index in [1.165, 1.54) is 6.07 Å². The van der Waals surface area contributed by atoms with Gasteiger partial charge in [0.1, 0.15) is 5.82 Å². The molecule has 2 rings (SSSR count). The second kappa shape index (κ2) is 4.97. The van der Waals surface area contributed by atoms with Crippen molar-refractivity contribution in [3.63, 3.8) is 0 Å². The Bertz CT molecular complexity index is 624. The van der Waals surface area contributed by atoms with Crippen LogP contribution in [0.15, 0.2) is 18.2 Å².